The molecule has 0 amide bonds. The Bertz CT molecular complexity index is 1320. The van der Waals surface area contributed by atoms with Crippen LogP contribution >= 0.6 is 8.58 Å². The van der Waals surface area contributed by atoms with Gasteiger partial charge in [-0.1, -0.05) is 0 Å². The normalized spacial score (nSPS) is 16.5. The Hall–Kier alpha value is -2.08. The molecule has 0 spiro atoms. The monoisotopic (exact) mass is 582 g/mol. The molecule has 0 radical (unpaired) electrons. The van der Waals surface area contributed by atoms with Crippen LogP contribution in [0.25, 0.3) is 16.4 Å². The molecule has 31 heavy (non-hydrogen) atoms. The van der Waals surface area contributed by atoms with Crippen LogP contribution in [0.1, 0.15) is 32.9 Å². The van der Waals surface area contributed by atoms with Crippen LogP contribution in [-0.2, 0) is 29.3 Å². The fourth-order valence-corrected chi connectivity index (χ4v) is 12.9. The van der Waals surface area contributed by atoms with Gasteiger partial charge in [0.15, 0.2) is 0 Å². The molecule has 4 aromatic rings. The van der Waals surface area contributed by atoms with E-state index in [0.29, 0.717) is 3.67 Å². The summed E-state index contributed by atoms with van der Waals surface area (Å²) in [5.41, 5.74) is 10.8. The zero-order valence-corrected chi connectivity index (χ0v) is 22.1. The second-order valence-electron chi connectivity index (χ2n) is 8.38. The van der Waals surface area contributed by atoms with Crippen molar-refractivity contribution in [1.29, 1.82) is 0 Å². The number of rotatable bonds is 4. The molecule has 4 aromatic carbocycles. The van der Waals surface area contributed by atoms with Gasteiger partial charge in [-0.15, -0.1) is 0 Å². The van der Waals surface area contributed by atoms with Crippen LogP contribution in [-0.4, -0.2) is 0 Å². The zero-order valence-electron chi connectivity index (χ0n) is 17.5. The molecule has 0 saturated carbocycles. The van der Waals surface area contributed by atoms with Crippen molar-refractivity contribution in [2.45, 2.75) is 17.0 Å². The topological polar surface area (TPSA) is 0 Å². The van der Waals surface area contributed by atoms with Crippen molar-refractivity contribution < 1.29 is 22.9 Å². The molecule has 2 aliphatic rings. The van der Waals surface area contributed by atoms with E-state index in [4.69, 9.17) is 0 Å². The molecule has 148 valence electrons. The van der Waals surface area contributed by atoms with E-state index in [1.165, 1.54) is 27.6 Å². The minimum atomic E-state index is -1.14. The standard InChI is InChI=1S/C16H14P.C13H9.Hf/c1-12-11-13-7-5-6-10-15(13)16(12)17-14-8-3-2-4-9-14;1-3-7-12-10(5-1)9-11-6-2-4-8-13(11)12;/h2-11,17H,1H3;1-5,7-8H,9H2;. The van der Waals surface area contributed by atoms with E-state index >= 15 is 0 Å². The van der Waals surface area contributed by atoms with Crippen LogP contribution in [0.3, 0.4) is 0 Å². The minimum absolute atomic E-state index is 0.664. The summed E-state index contributed by atoms with van der Waals surface area (Å²) < 4.78 is 2.37. The molecule has 2 unspecified atom stereocenters. The third-order valence-corrected chi connectivity index (χ3v) is 14.6. The van der Waals surface area contributed by atoms with E-state index in [0.717, 1.165) is 15.0 Å². The van der Waals surface area contributed by atoms with Gasteiger partial charge in [-0.3, -0.25) is 0 Å². The van der Waals surface area contributed by atoms with Gasteiger partial charge in [0.25, 0.3) is 0 Å². The molecule has 2 atom stereocenters. The molecule has 0 nitrogen and oxygen atoms in total. The van der Waals surface area contributed by atoms with Crippen LogP contribution in [0.2, 0.25) is 0 Å². The maximum atomic E-state index is 2.45. The molecule has 0 heterocycles. The summed E-state index contributed by atoms with van der Waals surface area (Å²) in [4.78, 5) is 0. The third kappa shape index (κ3) is 3.43. The Kier molecular flexibility index (Phi) is 5.13. The molecule has 0 aromatic heterocycles. The number of benzene rings is 4. The van der Waals surface area contributed by atoms with Gasteiger partial charge in [0, 0.05) is 0 Å². The van der Waals surface area contributed by atoms with E-state index in [1.807, 2.05) is 0 Å². The number of allylic oxidation sites excluding steroid dienone is 1. The summed E-state index contributed by atoms with van der Waals surface area (Å²) in [7, 11) is 0.744. The van der Waals surface area contributed by atoms with E-state index in [9.17, 15) is 0 Å². The molecule has 2 aliphatic carbocycles. The van der Waals surface area contributed by atoms with Crippen molar-refractivity contribution in [3.8, 4) is 11.1 Å². The summed E-state index contributed by atoms with van der Waals surface area (Å²) in [6, 6.07) is 36.3. The average Bonchev–Trinajstić information content (AvgIpc) is 3.32. The third-order valence-electron chi connectivity index (χ3n) is 6.56. The van der Waals surface area contributed by atoms with Crippen LogP contribution < -0.4 is 8.62 Å². The number of hydrogen-bond donors (Lipinski definition) is 0. The Morgan fingerprint density at radius 2 is 1.42 bits per heavy atom. The fraction of sp³-hybridized carbons (Fsp3) is 0.103. The summed E-state index contributed by atoms with van der Waals surface area (Å²) >= 11 is -1.14. The quantitative estimate of drug-likeness (QED) is 0.169. The van der Waals surface area contributed by atoms with Crippen molar-refractivity contribution in [2.75, 3.05) is 0 Å². The van der Waals surface area contributed by atoms with Gasteiger partial charge in [-0.25, -0.2) is 0 Å². The van der Waals surface area contributed by atoms with Gasteiger partial charge >= 0.3 is 198 Å². The van der Waals surface area contributed by atoms with Crippen molar-refractivity contribution >= 4 is 22.5 Å². The van der Waals surface area contributed by atoms with E-state index in [2.05, 4.69) is 104 Å². The second-order valence-corrected chi connectivity index (χ2v) is 14.8. The summed E-state index contributed by atoms with van der Waals surface area (Å²) in [6.07, 6.45) is 1.12. The van der Waals surface area contributed by atoms with Gasteiger partial charge in [-0.05, 0) is 0 Å². The summed E-state index contributed by atoms with van der Waals surface area (Å²) in [6.45, 7) is 2.42. The van der Waals surface area contributed by atoms with E-state index in [1.54, 1.807) is 25.3 Å². The maximum absolute atomic E-state index is 2.45. The van der Waals surface area contributed by atoms with Gasteiger partial charge in [-0.2, -0.15) is 0 Å². The van der Waals surface area contributed by atoms with E-state index < -0.39 is 22.9 Å². The molecule has 2 heteroatoms. The second kappa shape index (κ2) is 8.12. The van der Waals surface area contributed by atoms with Crippen molar-refractivity contribution in [2.24, 2.45) is 0 Å². The predicted molar refractivity (Wildman–Crippen MR) is 130 cm³/mol. The van der Waals surface area contributed by atoms with Crippen LogP contribution in [0.15, 0.2) is 103 Å². The molecule has 0 saturated heterocycles. The molecule has 0 bridgehead atoms. The number of fused-ring (bicyclic) bond motifs is 4. The SMILES string of the molecule is CC1=C(Pc2ccccc2)c2ccccc2[CH]1[Hf][c]1cccc2c1Cc1ccccc1-2. The first-order valence-corrected chi connectivity index (χ1v) is 15.8. The van der Waals surface area contributed by atoms with Gasteiger partial charge in [0.2, 0.25) is 0 Å². The van der Waals surface area contributed by atoms with Crippen molar-refractivity contribution in [1.82, 2.24) is 0 Å². The Morgan fingerprint density at radius 3 is 2.29 bits per heavy atom. The zero-order chi connectivity index (χ0) is 20.8. The molecule has 6 rings (SSSR count). The van der Waals surface area contributed by atoms with Gasteiger partial charge in [0.1, 0.15) is 0 Å². The van der Waals surface area contributed by atoms with Gasteiger partial charge in [0.05, 0.1) is 0 Å². The van der Waals surface area contributed by atoms with Crippen molar-refractivity contribution in [3.63, 3.8) is 0 Å². The molecular weight excluding hydrogens is 558 g/mol. The van der Waals surface area contributed by atoms with Crippen LogP contribution in [0.5, 0.6) is 0 Å². The van der Waals surface area contributed by atoms with Crippen LogP contribution in [0, 0.1) is 0 Å². The molecule has 0 fully saturated rings. The molecule has 0 aliphatic heterocycles. The predicted octanol–water partition coefficient (Wildman–Crippen LogP) is 6.46. The Balaban J connectivity index is 1.39. The Labute approximate surface area is 197 Å². The van der Waals surface area contributed by atoms with Gasteiger partial charge < -0.3 is 0 Å². The van der Waals surface area contributed by atoms with Crippen molar-refractivity contribution in [3.05, 3.63) is 125 Å². The summed E-state index contributed by atoms with van der Waals surface area (Å²) in [5.74, 6) is 0. The van der Waals surface area contributed by atoms with Crippen LogP contribution in [0.4, 0.5) is 0 Å². The first kappa shape index (κ1) is 19.6. The summed E-state index contributed by atoms with van der Waals surface area (Å²) in [5, 5.41) is 3.03. The fourth-order valence-electron chi connectivity index (χ4n) is 5.03. The molecular formula is C29H23HfP. The first-order chi connectivity index (χ1) is 15.3. The van der Waals surface area contributed by atoms with E-state index in [-0.39, 0.29) is 0 Å². The average molecular weight is 581 g/mol. The molecule has 0 N–H and O–H groups in total. The Morgan fingerprint density at radius 1 is 0.710 bits per heavy atom. The number of hydrogen-bond acceptors (Lipinski definition) is 0. The first-order valence-electron chi connectivity index (χ1n) is 10.9.